The highest BCUT2D eigenvalue weighted by atomic mass is 16.5. The van der Waals surface area contributed by atoms with Crippen LogP contribution in [0.1, 0.15) is 35.6 Å². The fourth-order valence-electron chi connectivity index (χ4n) is 2.74. The summed E-state index contributed by atoms with van der Waals surface area (Å²) in [7, 11) is 0. The summed E-state index contributed by atoms with van der Waals surface area (Å²) in [5.41, 5.74) is 3.89. The first kappa shape index (κ1) is 13.2. The molecule has 1 atom stereocenters. The highest BCUT2D eigenvalue weighted by Gasteiger charge is 2.21. The lowest BCUT2D eigenvalue weighted by atomic mass is 9.98. The van der Waals surface area contributed by atoms with E-state index in [0.29, 0.717) is 6.04 Å². The predicted octanol–water partition coefficient (Wildman–Crippen LogP) is 4.52. The number of nitrogens with one attached hydrogen (secondary N) is 1. The van der Waals surface area contributed by atoms with Crippen LogP contribution >= 0.6 is 0 Å². The summed E-state index contributed by atoms with van der Waals surface area (Å²) in [5, 5.41) is 3.57. The number of hydrogen-bond acceptors (Lipinski definition) is 2. The van der Waals surface area contributed by atoms with Gasteiger partial charge in [-0.2, -0.15) is 0 Å². The van der Waals surface area contributed by atoms with Gasteiger partial charge in [-0.25, -0.2) is 0 Å². The van der Waals surface area contributed by atoms with Gasteiger partial charge in [0.1, 0.15) is 11.5 Å². The molecule has 20 heavy (non-hydrogen) atoms. The molecule has 1 heterocycles. The van der Waals surface area contributed by atoms with Gasteiger partial charge < -0.3 is 10.1 Å². The van der Waals surface area contributed by atoms with E-state index in [1.165, 1.54) is 29.5 Å². The minimum Gasteiger partial charge on any atom is -0.457 e. The fraction of sp³-hybridized carbons (Fsp3) is 0.333. The van der Waals surface area contributed by atoms with E-state index in [-0.39, 0.29) is 0 Å². The molecule has 0 amide bonds. The van der Waals surface area contributed by atoms with Crippen LogP contribution in [0.3, 0.4) is 0 Å². The lowest BCUT2D eigenvalue weighted by Gasteiger charge is -2.18. The molecule has 0 bridgehead atoms. The monoisotopic (exact) mass is 267 g/mol. The Bertz CT molecular complexity index is 586. The third-order valence-corrected chi connectivity index (χ3v) is 4.03. The SMILES string of the molecule is Cc1cc(Oc2ccccc2)c(C2CCCN2)cc1C. The molecule has 1 aliphatic rings. The van der Waals surface area contributed by atoms with E-state index >= 15 is 0 Å². The Morgan fingerprint density at radius 3 is 2.50 bits per heavy atom. The van der Waals surface area contributed by atoms with Gasteiger partial charge in [-0.1, -0.05) is 24.3 Å². The summed E-state index contributed by atoms with van der Waals surface area (Å²) in [6.45, 7) is 5.40. The molecule has 0 radical (unpaired) electrons. The Morgan fingerprint density at radius 1 is 1.05 bits per heavy atom. The van der Waals surface area contributed by atoms with Crippen LogP contribution in [0.25, 0.3) is 0 Å². The molecule has 1 unspecified atom stereocenters. The van der Waals surface area contributed by atoms with Gasteiger partial charge in [0.05, 0.1) is 0 Å². The van der Waals surface area contributed by atoms with Gasteiger partial charge >= 0.3 is 0 Å². The molecule has 1 fully saturated rings. The van der Waals surface area contributed by atoms with Crippen molar-refractivity contribution in [2.75, 3.05) is 6.54 Å². The normalized spacial score (nSPS) is 18.2. The van der Waals surface area contributed by atoms with Gasteiger partial charge in [0, 0.05) is 11.6 Å². The molecule has 2 aromatic rings. The third kappa shape index (κ3) is 2.70. The molecule has 104 valence electrons. The maximum absolute atomic E-state index is 6.12. The van der Waals surface area contributed by atoms with Crippen LogP contribution < -0.4 is 10.1 Å². The second-order valence-electron chi connectivity index (χ2n) is 5.54. The molecule has 3 rings (SSSR count). The maximum Gasteiger partial charge on any atom is 0.132 e. The van der Waals surface area contributed by atoms with Crippen LogP contribution in [0.4, 0.5) is 0 Å². The Morgan fingerprint density at radius 2 is 1.80 bits per heavy atom. The number of para-hydroxylation sites is 1. The van der Waals surface area contributed by atoms with Gasteiger partial charge in [-0.3, -0.25) is 0 Å². The zero-order valence-electron chi connectivity index (χ0n) is 12.1. The number of aryl methyl sites for hydroxylation is 2. The average Bonchev–Trinajstić information content (AvgIpc) is 2.98. The quantitative estimate of drug-likeness (QED) is 0.882. The lowest BCUT2D eigenvalue weighted by Crippen LogP contribution is -2.14. The van der Waals surface area contributed by atoms with E-state index in [4.69, 9.17) is 4.74 Å². The largest absolute Gasteiger partial charge is 0.457 e. The topological polar surface area (TPSA) is 21.3 Å². The Labute approximate surface area is 120 Å². The van der Waals surface area contributed by atoms with Gasteiger partial charge in [0.2, 0.25) is 0 Å². The van der Waals surface area contributed by atoms with Crippen LogP contribution in [0.15, 0.2) is 42.5 Å². The Balaban J connectivity index is 1.97. The van der Waals surface area contributed by atoms with Gasteiger partial charge in [-0.05, 0) is 62.6 Å². The highest BCUT2D eigenvalue weighted by molar-refractivity contribution is 5.46. The molecule has 0 aromatic heterocycles. The van der Waals surface area contributed by atoms with Crippen LogP contribution in [0.5, 0.6) is 11.5 Å². The predicted molar refractivity (Wildman–Crippen MR) is 82.4 cm³/mol. The number of benzene rings is 2. The summed E-state index contributed by atoms with van der Waals surface area (Å²) in [5.74, 6) is 1.88. The number of hydrogen-bond donors (Lipinski definition) is 1. The van der Waals surface area contributed by atoms with Gasteiger partial charge in [-0.15, -0.1) is 0 Å². The molecule has 0 spiro atoms. The van der Waals surface area contributed by atoms with Crippen LogP contribution in [-0.4, -0.2) is 6.54 Å². The van der Waals surface area contributed by atoms with Gasteiger partial charge in [0.25, 0.3) is 0 Å². The Kier molecular flexibility index (Phi) is 3.75. The first-order valence-electron chi connectivity index (χ1n) is 7.31. The number of rotatable bonds is 3. The summed E-state index contributed by atoms with van der Waals surface area (Å²) in [6, 6.07) is 14.9. The van der Waals surface area contributed by atoms with Crippen molar-refractivity contribution in [2.24, 2.45) is 0 Å². The van der Waals surface area contributed by atoms with E-state index in [2.05, 4.69) is 31.3 Å². The maximum atomic E-state index is 6.12. The molecule has 2 nitrogen and oxygen atoms in total. The summed E-state index contributed by atoms with van der Waals surface area (Å²) >= 11 is 0. The van der Waals surface area contributed by atoms with E-state index < -0.39 is 0 Å². The lowest BCUT2D eigenvalue weighted by molar-refractivity contribution is 0.465. The van der Waals surface area contributed by atoms with Crippen LogP contribution in [0, 0.1) is 13.8 Å². The van der Waals surface area contributed by atoms with Crippen molar-refractivity contribution in [1.29, 1.82) is 0 Å². The summed E-state index contributed by atoms with van der Waals surface area (Å²) < 4.78 is 6.12. The van der Waals surface area contributed by atoms with Crippen molar-refractivity contribution in [2.45, 2.75) is 32.7 Å². The van der Waals surface area contributed by atoms with Crippen molar-refractivity contribution in [1.82, 2.24) is 5.32 Å². The van der Waals surface area contributed by atoms with E-state index in [1.54, 1.807) is 0 Å². The first-order valence-corrected chi connectivity index (χ1v) is 7.31. The van der Waals surface area contributed by atoms with Gasteiger partial charge in [0.15, 0.2) is 0 Å². The van der Waals surface area contributed by atoms with E-state index in [0.717, 1.165) is 18.0 Å². The van der Waals surface area contributed by atoms with Crippen molar-refractivity contribution < 1.29 is 4.74 Å². The molecule has 1 aliphatic heterocycles. The van der Waals surface area contributed by atoms with Crippen molar-refractivity contribution in [3.05, 3.63) is 59.2 Å². The third-order valence-electron chi connectivity index (χ3n) is 4.03. The minimum atomic E-state index is 0.424. The van der Waals surface area contributed by atoms with Crippen LogP contribution in [-0.2, 0) is 0 Å². The second-order valence-corrected chi connectivity index (χ2v) is 5.54. The fourth-order valence-corrected chi connectivity index (χ4v) is 2.74. The van der Waals surface area contributed by atoms with E-state index in [9.17, 15) is 0 Å². The minimum absolute atomic E-state index is 0.424. The molecule has 1 N–H and O–H groups in total. The van der Waals surface area contributed by atoms with Crippen molar-refractivity contribution >= 4 is 0 Å². The molecule has 2 heteroatoms. The first-order chi connectivity index (χ1) is 9.74. The standard InChI is InChI=1S/C18H21NO/c1-13-11-16(17-9-6-10-19-17)18(12-14(13)2)20-15-7-4-3-5-8-15/h3-5,7-8,11-12,17,19H,6,9-10H2,1-2H3. The summed E-state index contributed by atoms with van der Waals surface area (Å²) in [6.07, 6.45) is 2.43. The zero-order chi connectivity index (χ0) is 13.9. The smallest absolute Gasteiger partial charge is 0.132 e. The summed E-state index contributed by atoms with van der Waals surface area (Å²) in [4.78, 5) is 0. The van der Waals surface area contributed by atoms with Crippen molar-refractivity contribution in [3.8, 4) is 11.5 Å². The molecule has 0 saturated carbocycles. The highest BCUT2D eigenvalue weighted by Crippen LogP contribution is 2.35. The molecular weight excluding hydrogens is 246 g/mol. The molecular formula is C18H21NO. The average molecular weight is 267 g/mol. The molecule has 0 aliphatic carbocycles. The number of ether oxygens (including phenoxy) is 1. The van der Waals surface area contributed by atoms with E-state index in [1.807, 2.05) is 30.3 Å². The van der Waals surface area contributed by atoms with Crippen molar-refractivity contribution in [3.63, 3.8) is 0 Å². The second kappa shape index (κ2) is 5.68. The molecule has 2 aromatic carbocycles. The Hall–Kier alpha value is -1.80. The van der Waals surface area contributed by atoms with Crippen LogP contribution in [0.2, 0.25) is 0 Å². The molecule has 1 saturated heterocycles. The zero-order valence-corrected chi connectivity index (χ0v) is 12.1.